The van der Waals surface area contributed by atoms with Crippen molar-refractivity contribution in [2.75, 3.05) is 0 Å². The number of hydrogen-bond acceptors (Lipinski definition) is 3. The molecule has 0 fully saturated rings. The van der Waals surface area contributed by atoms with E-state index in [0.29, 0.717) is 11.3 Å². The summed E-state index contributed by atoms with van der Waals surface area (Å²) in [6.07, 6.45) is 6.66. The normalized spacial score (nSPS) is 12.7. The highest BCUT2D eigenvalue weighted by Crippen LogP contribution is 2.26. The number of aromatic hydroxyl groups is 1. The van der Waals surface area contributed by atoms with Gasteiger partial charge in [0, 0.05) is 10.9 Å². The Morgan fingerprint density at radius 2 is 1.96 bits per heavy atom. The van der Waals surface area contributed by atoms with E-state index in [1.807, 2.05) is 24.3 Å². The van der Waals surface area contributed by atoms with Gasteiger partial charge in [0.05, 0.1) is 17.3 Å². The fraction of sp³-hybridized carbons (Fsp3) is 0.227. The fourth-order valence-electron chi connectivity index (χ4n) is 2.83. The van der Waals surface area contributed by atoms with E-state index in [2.05, 4.69) is 23.2 Å². The van der Waals surface area contributed by atoms with Gasteiger partial charge in [0.15, 0.2) is 11.6 Å². The molecule has 134 valence electrons. The lowest BCUT2D eigenvalue weighted by Gasteiger charge is -2.05. The minimum atomic E-state index is -0.652. The van der Waals surface area contributed by atoms with Crippen molar-refractivity contribution in [1.29, 1.82) is 0 Å². The van der Waals surface area contributed by atoms with Crippen LogP contribution in [0.1, 0.15) is 31.7 Å². The molecule has 3 rings (SSSR count). The van der Waals surface area contributed by atoms with Gasteiger partial charge in [-0.2, -0.15) is 0 Å². The minimum Gasteiger partial charge on any atom is -0.505 e. The average molecular weight is 351 g/mol. The molecular formula is C22H22FNO2. The number of phenolic OH excluding ortho intramolecular Hbond substituents is 1. The Balaban J connectivity index is 1.77. The Bertz CT molecular complexity index is 935. The van der Waals surface area contributed by atoms with E-state index in [1.165, 1.54) is 12.1 Å². The van der Waals surface area contributed by atoms with Crippen LogP contribution >= 0.6 is 0 Å². The Hall–Kier alpha value is -2.72. The van der Waals surface area contributed by atoms with Crippen LogP contribution in [0.3, 0.4) is 0 Å². The highest BCUT2D eigenvalue weighted by molar-refractivity contribution is 5.83. The van der Waals surface area contributed by atoms with Crippen molar-refractivity contribution >= 4 is 17.0 Å². The maximum Gasteiger partial charge on any atom is 0.165 e. The summed E-state index contributed by atoms with van der Waals surface area (Å²) in [5, 5.41) is 19.6. The van der Waals surface area contributed by atoms with Gasteiger partial charge in [-0.3, -0.25) is 0 Å². The molecule has 3 aromatic rings. The molecule has 0 saturated carbocycles. The van der Waals surface area contributed by atoms with Crippen molar-refractivity contribution < 1.29 is 14.6 Å². The van der Waals surface area contributed by atoms with E-state index in [0.717, 1.165) is 35.7 Å². The predicted octanol–water partition coefficient (Wildman–Crippen LogP) is 5.31. The number of unbranched alkanes of at least 4 members (excludes halogenated alkanes) is 1. The van der Waals surface area contributed by atoms with Crippen LogP contribution in [0.15, 0.2) is 54.6 Å². The van der Waals surface area contributed by atoms with Gasteiger partial charge in [0.25, 0.3) is 0 Å². The fourth-order valence-corrected chi connectivity index (χ4v) is 2.83. The monoisotopic (exact) mass is 351 g/mol. The Kier molecular flexibility index (Phi) is 5.64. The lowest BCUT2D eigenvalue weighted by molar-refractivity contribution is 0.182. The van der Waals surface area contributed by atoms with Gasteiger partial charge in [-0.05, 0) is 68.1 Å². The summed E-state index contributed by atoms with van der Waals surface area (Å²) < 4.78 is 13.5. The van der Waals surface area contributed by atoms with Gasteiger partial charge >= 0.3 is 0 Å². The molecular weight excluding hydrogens is 329 g/mol. The third-order valence-corrected chi connectivity index (χ3v) is 4.26. The van der Waals surface area contributed by atoms with Gasteiger partial charge in [0.1, 0.15) is 0 Å². The molecule has 0 saturated heterocycles. The zero-order chi connectivity index (χ0) is 18.5. The number of benzene rings is 2. The number of nitrogens with zero attached hydrogens (tertiary/aromatic N) is 1. The topological polar surface area (TPSA) is 53.4 Å². The van der Waals surface area contributed by atoms with Crippen LogP contribution in [-0.4, -0.2) is 21.3 Å². The first-order valence-electron chi connectivity index (χ1n) is 8.77. The van der Waals surface area contributed by atoms with Gasteiger partial charge in [-0.1, -0.05) is 24.3 Å². The van der Waals surface area contributed by atoms with Crippen molar-refractivity contribution in [1.82, 2.24) is 4.98 Å². The number of phenols is 1. The number of fused-ring (bicyclic) bond motifs is 1. The van der Waals surface area contributed by atoms with E-state index in [1.54, 1.807) is 13.0 Å². The largest absolute Gasteiger partial charge is 0.505 e. The molecule has 0 radical (unpaired) electrons. The third-order valence-electron chi connectivity index (χ3n) is 4.26. The van der Waals surface area contributed by atoms with Crippen LogP contribution < -0.4 is 0 Å². The standard InChI is InChI=1S/C22H22FNO2/c1-15(25)5-3-2-4-6-16-7-10-20-17(13-16)8-11-21(24-20)18-9-12-22(26)19(23)14-18/h4,6-15,25-26H,2-3,5H2,1H3/b6-4+. The second-order valence-corrected chi connectivity index (χ2v) is 6.50. The van der Waals surface area contributed by atoms with Crippen molar-refractivity contribution in [2.45, 2.75) is 32.3 Å². The number of pyridine rings is 1. The molecule has 0 spiro atoms. The van der Waals surface area contributed by atoms with E-state index in [4.69, 9.17) is 0 Å². The Morgan fingerprint density at radius 1 is 1.12 bits per heavy atom. The van der Waals surface area contributed by atoms with Crippen LogP contribution in [0.4, 0.5) is 4.39 Å². The average Bonchev–Trinajstić information content (AvgIpc) is 2.63. The number of hydrogen-bond donors (Lipinski definition) is 2. The maximum atomic E-state index is 13.5. The molecule has 0 amide bonds. The second kappa shape index (κ2) is 8.11. The summed E-state index contributed by atoms with van der Waals surface area (Å²) in [5.74, 6) is -1.01. The first-order chi connectivity index (χ1) is 12.5. The Labute approximate surface area is 152 Å². The molecule has 2 aromatic carbocycles. The summed E-state index contributed by atoms with van der Waals surface area (Å²) in [7, 11) is 0. The van der Waals surface area contributed by atoms with E-state index in [9.17, 15) is 14.6 Å². The van der Waals surface area contributed by atoms with Gasteiger partial charge in [0.2, 0.25) is 0 Å². The van der Waals surface area contributed by atoms with Crippen molar-refractivity contribution in [3.05, 3.63) is 66.0 Å². The maximum absolute atomic E-state index is 13.5. The summed E-state index contributed by atoms with van der Waals surface area (Å²) in [4.78, 5) is 4.59. The number of rotatable bonds is 6. The van der Waals surface area contributed by atoms with Crippen LogP contribution in [0.5, 0.6) is 5.75 Å². The van der Waals surface area contributed by atoms with Crippen molar-refractivity contribution in [2.24, 2.45) is 0 Å². The van der Waals surface area contributed by atoms with E-state index in [-0.39, 0.29) is 11.9 Å². The number of halogens is 1. The highest BCUT2D eigenvalue weighted by Gasteiger charge is 2.06. The molecule has 2 N–H and O–H groups in total. The lowest BCUT2D eigenvalue weighted by Crippen LogP contribution is -1.97. The Morgan fingerprint density at radius 3 is 2.73 bits per heavy atom. The molecule has 0 bridgehead atoms. The van der Waals surface area contributed by atoms with Gasteiger partial charge in [-0.25, -0.2) is 9.37 Å². The quantitative estimate of drug-likeness (QED) is 0.592. The van der Waals surface area contributed by atoms with Crippen LogP contribution in [0, 0.1) is 5.82 Å². The highest BCUT2D eigenvalue weighted by atomic mass is 19.1. The third kappa shape index (κ3) is 4.46. The number of allylic oxidation sites excluding steroid dienone is 1. The molecule has 0 aliphatic heterocycles. The zero-order valence-electron chi connectivity index (χ0n) is 14.7. The summed E-state index contributed by atoms with van der Waals surface area (Å²) in [6, 6.07) is 14.1. The van der Waals surface area contributed by atoms with Crippen LogP contribution in [0.25, 0.3) is 28.2 Å². The summed E-state index contributed by atoms with van der Waals surface area (Å²) >= 11 is 0. The van der Waals surface area contributed by atoms with Crippen LogP contribution in [-0.2, 0) is 0 Å². The van der Waals surface area contributed by atoms with E-state index >= 15 is 0 Å². The lowest BCUT2D eigenvalue weighted by atomic mass is 10.1. The number of aliphatic hydroxyl groups is 1. The molecule has 1 unspecified atom stereocenters. The number of aromatic nitrogens is 1. The predicted molar refractivity (Wildman–Crippen MR) is 103 cm³/mol. The van der Waals surface area contributed by atoms with Crippen molar-refractivity contribution in [3.63, 3.8) is 0 Å². The van der Waals surface area contributed by atoms with Crippen molar-refractivity contribution in [3.8, 4) is 17.0 Å². The molecule has 1 heterocycles. The minimum absolute atomic E-state index is 0.244. The van der Waals surface area contributed by atoms with E-state index < -0.39 is 5.82 Å². The molecule has 1 atom stereocenters. The second-order valence-electron chi connectivity index (χ2n) is 6.50. The molecule has 0 aliphatic rings. The van der Waals surface area contributed by atoms with Crippen LogP contribution in [0.2, 0.25) is 0 Å². The number of aliphatic hydroxyl groups excluding tert-OH is 1. The SMILES string of the molecule is CC(O)CCC/C=C/c1ccc2nc(-c3ccc(O)c(F)c3)ccc2c1. The molecule has 3 nitrogen and oxygen atoms in total. The molecule has 26 heavy (non-hydrogen) atoms. The zero-order valence-corrected chi connectivity index (χ0v) is 14.7. The summed E-state index contributed by atoms with van der Waals surface area (Å²) in [5.41, 5.74) is 3.23. The van der Waals surface area contributed by atoms with Gasteiger partial charge in [-0.15, -0.1) is 0 Å². The first-order valence-corrected chi connectivity index (χ1v) is 8.77. The summed E-state index contributed by atoms with van der Waals surface area (Å²) in [6.45, 7) is 1.81. The molecule has 4 heteroatoms. The first kappa shape index (κ1) is 18.1. The van der Waals surface area contributed by atoms with Gasteiger partial charge < -0.3 is 10.2 Å². The molecule has 0 aliphatic carbocycles. The molecule has 1 aromatic heterocycles. The smallest absolute Gasteiger partial charge is 0.165 e.